The van der Waals surface area contributed by atoms with E-state index in [-0.39, 0.29) is 0 Å². The van der Waals surface area contributed by atoms with Crippen LogP contribution < -0.4 is 10.2 Å². The summed E-state index contributed by atoms with van der Waals surface area (Å²) >= 11 is 0. The molecule has 3 aromatic rings. The summed E-state index contributed by atoms with van der Waals surface area (Å²) < 4.78 is 0. The van der Waals surface area contributed by atoms with Crippen molar-refractivity contribution in [2.75, 3.05) is 36.4 Å². The minimum Gasteiger partial charge on any atom is -0.370 e. The van der Waals surface area contributed by atoms with Crippen LogP contribution in [0.2, 0.25) is 0 Å². The molecule has 2 aromatic heterocycles. The van der Waals surface area contributed by atoms with Crippen LogP contribution in [0.15, 0.2) is 36.0 Å². The van der Waals surface area contributed by atoms with Crippen LogP contribution in [0.4, 0.5) is 11.4 Å². The van der Waals surface area contributed by atoms with E-state index in [9.17, 15) is 5.11 Å². The number of nitrogens with zero attached hydrogens (tertiary/aromatic N) is 4. The fourth-order valence-electron chi connectivity index (χ4n) is 4.37. The zero-order valence-corrected chi connectivity index (χ0v) is 17.5. The average Bonchev–Trinajstić information content (AvgIpc) is 3.13. The Morgan fingerprint density at radius 1 is 1.17 bits per heavy atom. The molecule has 4 heterocycles. The lowest BCUT2D eigenvalue weighted by atomic mass is 10.0. The fourth-order valence-corrected chi connectivity index (χ4v) is 4.37. The monoisotopic (exact) mass is 404 g/mol. The van der Waals surface area contributed by atoms with E-state index in [4.69, 9.17) is 0 Å². The van der Waals surface area contributed by atoms with Crippen molar-refractivity contribution in [1.82, 2.24) is 19.9 Å². The molecule has 7 nitrogen and oxygen atoms in total. The van der Waals surface area contributed by atoms with Gasteiger partial charge in [0.15, 0.2) is 0 Å². The van der Waals surface area contributed by atoms with E-state index < -0.39 is 6.23 Å². The van der Waals surface area contributed by atoms with Crippen LogP contribution in [0.25, 0.3) is 17.1 Å². The zero-order chi connectivity index (χ0) is 20.7. The Morgan fingerprint density at radius 3 is 2.80 bits per heavy atom. The minimum absolute atomic E-state index is 0.612. The van der Waals surface area contributed by atoms with Crippen LogP contribution in [0.1, 0.15) is 30.4 Å². The van der Waals surface area contributed by atoms with Gasteiger partial charge < -0.3 is 20.3 Å². The van der Waals surface area contributed by atoms with Gasteiger partial charge in [-0.25, -0.2) is 4.98 Å². The first-order chi connectivity index (χ1) is 14.6. The topological polar surface area (TPSA) is 80.3 Å². The van der Waals surface area contributed by atoms with Crippen LogP contribution in [0.3, 0.4) is 0 Å². The van der Waals surface area contributed by atoms with Crippen LogP contribution in [-0.4, -0.2) is 57.4 Å². The van der Waals surface area contributed by atoms with E-state index in [1.54, 1.807) is 0 Å². The van der Waals surface area contributed by atoms with Crippen LogP contribution in [-0.2, 0) is 6.54 Å². The molecule has 156 valence electrons. The Bertz CT molecular complexity index is 1100. The van der Waals surface area contributed by atoms with Gasteiger partial charge >= 0.3 is 0 Å². The molecule has 3 N–H and O–H groups in total. The summed E-state index contributed by atoms with van der Waals surface area (Å²) in [6, 6.07) is 8.59. The second-order valence-corrected chi connectivity index (χ2v) is 8.18. The summed E-state index contributed by atoms with van der Waals surface area (Å²) in [5.74, 6) is 0.953. The van der Waals surface area contributed by atoms with E-state index >= 15 is 0 Å². The van der Waals surface area contributed by atoms with Crippen molar-refractivity contribution in [2.24, 2.45) is 0 Å². The van der Waals surface area contributed by atoms with Gasteiger partial charge in [-0.1, -0.05) is 6.92 Å². The number of fused-ring (bicyclic) bond motifs is 2. The zero-order valence-electron chi connectivity index (χ0n) is 17.5. The number of anilines is 2. The second kappa shape index (κ2) is 7.74. The molecule has 0 aliphatic carbocycles. The highest BCUT2D eigenvalue weighted by atomic mass is 16.3. The number of piperazine rings is 1. The SMILES string of the molecule is CCC1=Cc2ncc(CN3CCN(c4ccc5nc(C)[nH]c5c4)CC3)cc2NC1O. The standard InChI is InChI=1S/C23H28N6O/c1-3-17-11-20-21(27-23(17)30)10-16(13-24-20)14-28-6-8-29(9-7-28)18-4-5-19-22(12-18)26-15(2)25-19/h4-5,10-13,23,27,30H,3,6-9,14H2,1-2H3,(H,25,26). The number of aromatic nitrogens is 3. The number of aliphatic hydroxyl groups excluding tert-OH is 1. The number of H-pyrrole nitrogens is 1. The van der Waals surface area contributed by atoms with Gasteiger partial charge in [-0.3, -0.25) is 9.88 Å². The smallest absolute Gasteiger partial charge is 0.147 e. The molecule has 1 saturated heterocycles. The normalized spacial score (nSPS) is 19.5. The molecular formula is C23H28N6O. The van der Waals surface area contributed by atoms with Gasteiger partial charge in [0, 0.05) is 44.6 Å². The number of hydrogen-bond acceptors (Lipinski definition) is 6. The van der Waals surface area contributed by atoms with Crippen molar-refractivity contribution in [3.63, 3.8) is 0 Å². The summed E-state index contributed by atoms with van der Waals surface area (Å²) in [5, 5.41) is 13.4. The van der Waals surface area contributed by atoms with E-state index in [0.29, 0.717) is 0 Å². The van der Waals surface area contributed by atoms with Crippen LogP contribution in [0.5, 0.6) is 0 Å². The number of hydrogen-bond donors (Lipinski definition) is 3. The fraction of sp³-hybridized carbons (Fsp3) is 0.391. The van der Waals surface area contributed by atoms with E-state index in [0.717, 1.165) is 73.0 Å². The molecule has 0 bridgehead atoms. The maximum absolute atomic E-state index is 10.2. The molecule has 0 amide bonds. The highest BCUT2D eigenvalue weighted by Crippen LogP contribution is 2.28. The van der Waals surface area contributed by atoms with Gasteiger partial charge in [-0.15, -0.1) is 0 Å². The third kappa shape index (κ3) is 3.66. The highest BCUT2D eigenvalue weighted by molar-refractivity contribution is 5.79. The number of aromatic amines is 1. The molecule has 1 unspecified atom stereocenters. The third-order valence-corrected chi connectivity index (χ3v) is 6.08. The van der Waals surface area contributed by atoms with Crippen molar-refractivity contribution in [2.45, 2.75) is 33.0 Å². The molecule has 2 aliphatic heterocycles. The van der Waals surface area contributed by atoms with Gasteiger partial charge in [0.25, 0.3) is 0 Å². The number of imidazole rings is 1. The Balaban J connectivity index is 1.23. The summed E-state index contributed by atoms with van der Waals surface area (Å²) in [7, 11) is 0. The van der Waals surface area contributed by atoms with Crippen LogP contribution >= 0.6 is 0 Å². The average molecular weight is 405 g/mol. The lowest BCUT2D eigenvalue weighted by Crippen LogP contribution is -2.46. The first-order valence-electron chi connectivity index (χ1n) is 10.7. The molecule has 1 atom stereocenters. The predicted octanol–water partition coefficient (Wildman–Crippen LogP) is 3.13. The Hall–Kier alpha value is -2.90. The van der Waals surface area contributed by atoms with Gasteiger partial charge in [-0.05, 0) is 54.8 Å². The van der Waals surface area contributed by atoms with Crippen molar-refractivity contribution in [3.8, 4) is 0 Å². The van der Waals surface area contributed by atoms with Gasteiger partial charge in [-0.2, -0.15) is 0 Å². The summed E-state index contributed by atoms with van der Waals surface area (Å²) in [4.78, 5) is 17.3. The Labute approximate surface area is 176 Å². The molecule has 0 spiro atoms. The predicted molar refractivity (Wildman–Crippen MR) is 120 cm³/mol. The molecule has 30 heavy (non-hydrogen) atoms. The number of benzene rings is 1. The first-order valence-corrected chi connectivity index (χ1v) is 10.7. The molecule has 0 radical (unpaired) electrons. The number of aliphatic hydroxyl groups is 1. The third-order valence-electron chi connectivity index (χ3n) is 6.08. The van der Waals surface area contributed by atoms with E-state index in [1.807, 2.05) is 26.1 Å². The largest absolute Gasteiger partial charge is 0.370 e. The first kappa shape index (κ1) is 19.1. The molecule has 1 fully saturated rings. The minimum atomic E-state index is -0.612. The van der Waals surface area contributed by atoms with E-state index in [1.165, 1.54) is 11.3 Å². The molecular weight excluding hydrogens is 376 g/mol. The highest BCUT2D eigenvalue weighted by Gasteiger charge is 2.21. The maximum atomic E-state index is 10.2. The molecule has 5 rings (SSSR count). The number of aryl methyl sites for hydroxylation is 1. The lowest BCUT2D eigenvalue weighted by Gasteiger charge is -2.36. The molecule has 1 aromatic carbocycles. The summed E-state index contributed by atoms with van der Waals surface area (Å²) in [6.07, 6.45) is 4.16. The number of pyridine rings is 1. The number of rotatable bonds is 4. The Kier molecular flexibility index (Phi) is 4.92. The van der Waals surface area contributed by atoms with Crippen molar-refractivity contribution < 1.29 is 5.11 Å². The van der Waals surface area contributed by atoms with Gasteiger partial charge in [0.05, 0.1) is 22.4 Å². The van der Waals surface area contributed by atoms with Crippen molar-refractivity contribution in [1.29, 1.82) is 0 Å². The van der Waals surface area contributed by atoms with Crippen molar-refractivity contribution in [3.05, 3.63) is 53.1 Å². The summed E-state index contributed by atoms with van der Waals surface area (Å²) in [5.41, 5.74) is 7.34. The molecule has 0 saturated carbocycles. The summed E-state index contributed by atoms with van der Waals surface area (Å²) in [6.45, 7) is 8.91. The van der Waals surface area contributed by atoms with Crippen LogP contribution in [0, 0.1) is 6.92 Å². The number of nitrogens with one attached hydrogen (secondary N) is 2. The van der Waals surface area contributed by atoms with E-state index in [2.05, 4.69) is 54.3 Å². The lowest BCUT2D eigenvalue weighted by molar-refractivity contribution is 0.236. The Morgan fingerprint density at radius 2 is 2.00 bits per heavy atom. The van der Waals surface area contributed by atoms with Gasteiger partial charge in [0.2, 0.25) is 0 Å². The van der Waals surface area contributed by atoms with Crippen molar-refractivity contribution >= 4 is 28.5 Å². The molecule has 7 heteroatoms. The molecule has 2 aliphatic rings. The maximum Gasteiger partial charge on any atom is 0.147 e. The quantitative estimate of drug-likeness (QED) is 0.620. The second-order valence-electron chi connectivity index (χ2n) is 8.18. The van der Waals surface area contributed by atoms with Gasteiger partial charge in [0.1, 0.15) is 12.1 Å².